The first kappa shape index (κ1) is 32.8. The molecule has 0 saturated heterocycles. The van der Waals surface area contributed by atoms with Crippen molar-refractivity contribution in [3.8, 4) is 5.75 Å². The number of aliphatic hydroxyl groups is 1. The van der Waals surface area contributed by atoms with Gasteiger partial charge in [-0.15, -0.1) is 0 Å². The molecule has 12 heteroatoms. The molecule has 41 heavy (non-hydrogen) atoms. The number of ether oxygens (including phenoxy) is 1. The third-order valence-electron chi connectivity index (χ3n) is 6.33. The minimum atomic E-state index is -4.61. The fraction of sp³-hybridized carbons (Fsp3) is 0.379. The SMILES string of the molecule is CC(C)(O)c1c(F)cc(OCCCN(CCc2ccc(F)cc2)Cc2cccc(C(F)(F)F)c2Cl)cc1S(C)(=O)=O. The molecule has 0 saturated carbocycles. The van der Waals surface area contributed by atoms with Gasteiger partial charge in [0.25, 0.3) is 0 Å². The highest BCUT2D eigenvalue weighted by molar-refractivity contribution is 7.90. The molecule has 0 aliphatic rings. The van der Waals surface area contributed by atoms with Crippen molar-refractivity contribution < 1.29 is 40.2 Å². The maximum Gasteiger partial charge on any atom is 0.417 e. The van der Waals surface area contributed by atoms with E-state index in [1.165, 1.54) is 38.1 Å². The van der Waals surface area contributed by atoms with Crippen LogP contribution in [0.2, 0.25) is 5.02 Å². The molecule has 0 amide bonds. The van der Waals surface area contributed by atoms with Gasteiger partial charge in [-0.3, -0.25) is 4.90 Å². The number of hydrogen-bond acceptors (Lipinski definition) is 5. The summed E-state index contributed by atoms with van der Waals surface area (Å²) in [6.45, 7) is 3.43. The lowest BCUT2D eigenvalue weighted by molar-refractivity contribution is -0.137. The van der Waals surface area contributed by atoms with Crippen molar-refractivity contribution >= 4 is 21.4 Å². The summed E-state index contributed by atoms with van der Waals surface area (Å²) in [7, 11) is -3.90. The monoisotopic (exact) mass is 619 g/mol. The van der Waals surface area contributed by atoms with E-state index in [-0.39, 0.29) is 40.7 Å². The Labute approximate surface area is 241 Å². The molecule has 0 heterocycles. The number of sulfone groups is 1. The molecule has 1 N–H and O–H groups in total. The summed E-state index contributed by atoms with van der Waals surface area (Å²) in [5, 5.41) is 9.90. The van der Waals surface area contributed by atoms with Crippen LogP contribution in [0, 0.1) is 11.6 Å². The zero-order valence-electron chi connectivity index (χ0n) is 22.7. The van der Waals surface area contributed by atoms with E-state index in [1.807, 2.05) is 4.90 Å². The summed E-state index contributed by atoms with van der Waals surface area (Å²) in [5.74, 6) is -1.37. The number of nitrogens with zero attached hydrogens (tertiary/aromatic N) is 1. The zero-order chi connectivity index (χ0) is 30.6. The second-order valence-corrected chi connectivity index (χ2v) is 12.6. The van der Waals surface area contributed by atoms with Gasteiger partial charge in [-0.05, 0) is 62.1 Å². The van der Waals surface area contributed by atoms with Crippen molar-refractivity contribution in [2.24, 2.45) is 0 Å². The average molecular weight is 620 g/mol. The van der Waals surface area contributed by atoms with Crippen LogP contribution in [-0.4, -0.2) is 44.4 Å². The molecule has 0 unspecified atom stereocenters. The van der Waals surface area contributed by atoms with Crippen LogP contribution in [0.1, 0.15) is 42.5 Å². The summed E-state index contributed by atoms with van der Waals surface area (Å²) in [5.41, 5.74) is -1.94. The lowest BCUT2D eigenvalue weighted by Crippen LogP contribution is -2.28. The van der Waals surface area contributed by atoms with E-state index in [1.54, 1.807) is 12.1 Å². The summed E-state index contributed by atoms with van der Waals surface area (Å²) >= 11 is 6.11. The van der Waals surface area contributed by atoms with E-state index in [0.29, 0.717) is 25.9 Å². The average Bonchev–Trinajstić information content (AvgIpc) is 2.84. The molecular formula is C29H31ClF5NO4S. The topological polar surface area (TPSA) is 66.8 Å². The maximum absolute atomic E-state index is 14.8. The minimum Gasteiger partial charge on any atom is -0.493 e. The van der Waals surface area contributed by atoms with Crippen molar-refractivity contribution in [3.63, 3.8) is 0 Å². The molecule has 5 nitrogen and oxygen atoms in total. The lowest BCUT2D eigenvalue weighted by atomic mass is 9.97. The van der Waals surface area contributed by atoms with Crippen molar-refractivity contribution in [2.75, 3.05) is 26.0 Å². The summed E-state index contributed by atoms with van der Waals surface area (Å²) in [6, 6.07) is 11.8. The van der Waals surface area contributed by atoms with E-state index in [2.05, 4.69) is 0 Å². The van der Waals surface area contributed by atoms with E-state index >= 15 is 0 Å². The highest BCUT2D eigenvalue weighted by Gasteiger charge is 2.34. The normalized spacial score (nSPS) is 12.7. The van der Waals surface area contributed by atoms with Crippen LogP contribution in [0.4, 0.5) is 22.0 Å². The second kappa shape index (κ2) is 13.1. The highest BCUT2D eigenvalue weighted by atomic mass is 35.5. The smallest absolute Gasteiger partial charge is 0.417 e. The van der Waals surface area contributed by atoms with Gasteiger partial charge < -0.3 is 9.84 Å². The molecule has 0 aliphatic heterocycles. The Bertz CT molecular complexity index is 1460. The van der Waals surface area contributed by atoms with Gasteiger partial charge in [0.2, 0.25) is 0 Å². The fourth-order valence-corrected chi connectivity index (χ4v) is 5.72. The number of hydrogen-bond donors (Lipinski definition) is 1. The predicted octanol–water partition coefficient (Wildman–Crippen LogP) is 6.78. The molecule has 3 aromatic rings. The molecule has 0 aromatic heterocycles. The standard InChI is InChI=1S/C29H31ClF5NO4S/c1-28(2,37)26-24(32)16-22(17-25(26)41(3,38)39)40-15-5-13-36(14-12-19-8-10-21(31)11-9-19)18-20-6-4-7-23(27(20)30)29(33,34)35/h4,6-11,16-17,37H,5,12-15,18H2,1-3H3. The third kappa shape index (κ3) is 9.13. The van der Waals surface area contributed by atoms with Crippen molar-refractivity contribution in [3.05, 3.63) is 93.5 Å². The maximum atomic E-state index is 14.8. The molecule has 0 bridgehead atoms. The minimum absolute atomic E-state index is 0.0356. The predicted molar refractivity (Wildman–Crippen MR) is 147 cm³/mol. The van der Waals surface area contributed by atoms with Crippen LogP contribution in [0.3, 0.4) is 0 Å². The Hall–Kier alpha value is -2.73. The first-order valence-corrected chi connectivity index (χ1v) is 14.9. The van der Waals surface area contributed by atoms with Gasteiger partial charge in [-0.25, -0.2) is 17.2 Å². The van der Waals surface area contributed by atoms with E-state index in [0.717, 1.165) is 30.0 Å². The summed E-state index contributed by atoms with van der Waals surface area (Å²) in [4.78, 5) is 1.48. The van der Waals surface area contributed by atoms with Gasteiger partial charge in [0.05, 0.1) is 27.7 Å². The first-order chi connectivity index (χ1) is 19.0. The Morgan fingerprint density at radius 2 is 1.66 bits per heavy atom. The van der Waals surface area contributed by atoms with E-state index < -0.39 is 38.0 Å². The number of rotatable bonds is 12. The van der Waals surface area contributed by atoms with Gasteiger partial charge >= 0.3 is 6.18 Å². The molecular weight excluding hydrogens is 589 g/mol. The molecule has 0 radical (unpaired) electrons. The molecule has 0 aliphatic carbocycles. The van der Waals surface area contributed by atoms with Gasteiger partial charge in [-0.2, -0.15) is 13.2 Å². The Morgan fingerprint density at radius 3 is 2.24 bits per heavy atom. The largest absolute Gasteiger partial charge is 0.493 e. The number of alkyl halides is 3. The quantitative estimate of drug-likeness (QED) is 0.179. The molecule has 3 aromatic carbocycles. The van der Waals surface area contributed by atoms with Crippen molar-refractivity contribution in [1.29, 1.82) is 0 Å². The summed E-state index contributed by atoms with van der Waals surface area (Å²) < 4.78 is 98.4. The fourth-order valence-electron chi connectivity index (χ4n) is 4.38. The van der Waals surface area contributed by atoms with Gasteiger partial charge in [-0.1, -0.05) is 35.9 Å². The first-order valence-electron chi connectivity index (χ1n) is 12.7. The lowest BCUT2D eigenvalue weighted by Gasteiger charge is -2.24. The van der Waals surface area contributed by atoms with Crippen molar-refractivity contribution in [1.82, 2.24) is 4.90 Å². The Balaban J connectivity index is 1.75. The van der Waals surface area contributed by atoms with Gasteiger partial charge in [0.15, 0.2) is 9.84 Å². The molecule has 3 rings (SSSR count). The van der Waals surface area contributed by atoms with Crippen LogP contribution in [0.25, 0.3) is 0 Å². The zero-order valence-corrected chi connectivity index (χ0v) is 24.3. The number of halogens is 6. The van der Waals surface area contributed by atoms with Crippen LogP contribution >= 0.6 is 11.6 Å². The van der Waals surface area contributed by atoms with E-state index in [4.69, 9.17) is 16.3 Å². The highest BCUT2D eigenvalue weighted by Crippen LogP contribution is 2.37. The molecule has 0 atom stereocenters. The number of benzene rings is 3. The van der Waals surface area contributed by atoms with Crippen LogP contribution in [0.15, 0.2) is 59.5 Å². The van der Waals surface area contributed by atoms with Gasteiger partial charge in [0.1, 0.15) is 17.4 Å². The third-order valence-corrected chi connectivity index (χ3v) is 7.90. The van der Waals surface area contributed by atoms with E-state index in [9.17, 15) is 35.5 Å². The van der Waals surface area contributed by atoms with Gasteiger partial charge in [0, 0.05) is 37.5 Å². The van der Waals surface area contributed by atoms with Crippen LogP contribution in [-0.2, 0) is 34.6 Å². The Morgan fingerprint density at radius 1 is 1.00 bits per heavy atom. The van der Waals surface area contributed by atoms with Crippen molar-refractivity contribution in [2.45, 2.75) is 49.9 Å². The second-order valence-electron chi connectivity index (χ2n) is 10.2. The summed E-state index contributed by atoms with van der Waals surface area (Å²) in [6.07, 6.45) is -2.87. The molecule has 0 spiro atoms. The van der Waals surface area contributed by atoms with Crippen LogP contribution in [0.5, 0.6) is 5.75 Å². The Kier molecular flexibility index (Phi) is 10.4. The molecule has 224 valence electrons. The molecule has 0 fully saturated rings. The van der Waals surface area contributed by atoms with Crippen LogP contribution < -0.4 is 4.74 Å².